The summed E-state index contributed by atoms with van der Waals surface area (Å²) in [5, 5.41) is 0. The molecule has 0 unspecified atom stereocenters. The Morgan fingerprint density at radius 3 is 2.27 bits per heavy atom. The topological polar surface area (TPSA) is 12.0 Å². The Kier molecular flexibility index (Phi) is 2.24. The Bertz CT molecular complexity index is 136. The lowest BCUT2D eigenvalue weighted by molar-refractivity contribution is 0.144. The highest BCUT2D eigenvalue weighted by molar-refractivity contribution is 9.08. The van der Waals surface area contributed by atoms with E-state index < -0.39 is 0 Å². The van der Waals surface area contributed by atoms with E-state index in [1.165, 1.54) is 44.9 Å². The van der Waals surface area contributed by atoms with Gasteiger partial charge in [-0.2, -0.15) is 0 Å². The van der Waals surface area contributed by atoms with Crippen LogP contribution >= 0.6 is 16.1 Å². The maximum absolute atomic E-state index is 3.44. The summed E-state index contributed by atoms with van der Waals surface area (Å²) in [6.45, 7) is 0. The summed E-state index contributed by atoms with van der Waals surface area (Å²) in [4.78, 5) is 0. The van der Waals surface area contributed by atoms with Gasteiger partial charge < -0.3 is 0 Å². The zero-order chi connectivity index (χ0) is 7.73. The lowest BCUT2D eigenvalue weighted by Crippen LogP contribution is -2.46. The van der Waals surface area contributed by atoms with E-state index in [9.17, 15) is 0 Å². The van der Waals surface area contributed by atoms with Crippen LogP contribution in [0.1, 0.15) is 44.9 Å². The van der Waals surface area contributed by atoms with Crippen LogP contribution in [0, 0.1) is 5.92 Å². The van der Waals surface area contributed by atoms with Crippen LogP contribution in [0.15, 0.2) is 0 Å². The third-order valence-electron chi connectivity index (χ3n) is 3.42. The molecule has 64 valence electrons. The molecule has 1 nitrogen and oxygen atoms in total. The van der Waals surface area contributed by atoms with Crippen LogP contribution in [-0.4, -0.2) is 5.54 Å². The molecule has 0 aromatic rings. The van der Waals surface area contributed by atoms with Crippen molar-refractivity contribution in [1.29, 1.82) is 0 Å². The summed E-state index contributed by atoms with van der Waals surface area (Å²) in [6, 6.07) is 0. The predicted octanol–water partition coefficient (Wildman–Crippen LogP) is 3.00. The molecule has 0 aromatic carbocycles. The van der Waals surface area contributed by atoms with Crippen LogP contribution in [-0.2, 0) is 0 Å². The van der Waals surface area contributed by atoms with Crippen LogP contribution < -0.4 is 4.34 Å². The van der Waals surface area contributed by atoms with Crippen LogP contribution in [0.25, 0.3) is 0 Å². The van der Waals surface area contributed by atoms with E-state index in [1.807, 2.05) is 0 Å². The molecule has 2 aliphatic carbocycles. The van der Waals surface area contributed by atoms with E-state index in [2.05, 4.69) is 20.5 Å². The molecule has 0 atom stereocenters. The maximum Gasteiger partial charge on any atom is 0.0288 e. The molecule has 0 aliphatic heterocycles. The van der Waals surface area contributed by atoms with Gasteiger partial charge in [0.15, 0.2) is 0 Å². The van der Waals surface area contributed by atoms with Gasteiger partial charge in [-0.15, -0.1) is 0 Å². The predicted molar refractivity (Wildman–Crippen MR) is 50.6 cm³/mol. The molecule has 0 aromatic heterocycles. The van der Waals surface area contributed by atoms with E-state index in [0.717, 1.165) is 5.92 Å². The molecule has 2 fully saturated rings. The Labute approximate surface area is 77.3 Å². The average Bonchev–Trinajstić information content (AvgIpc) is 2.05. The first-order chi connectivity index (χ1) is 5.35. The van der Waals surface area contributed by atoms with Gasteiger partial charge in [-0.05, 0) is 25.2 Å². The second-order valence-electron chi connectivity index (χ2n) is 4.23. The van der Waals surface area contributed by atoms with Gasteiger partial charge in [0.2, 0.25) is 0 Å². The fraction of sp³-hybridized carbons (Fsp3) is 1.00. The Morgan fingerprint density at radius 2 is 1.82 bits per heavy atom. The van der Waals surface area contributed by atoms with E-state index in [4.69, 9.17) is 0 Å². The van der Waals surface area contributed by atoms with Crippen molar-refractivity contribution in [3.8, 4) is 0 Å². The van der Waals surface area contributed by atoms with Crippen molar-refractivity contribution in [2.45, 2.75) is 50.5 Å². The van der Waals surface area contributed by atoms with Crippen LogP contribution in [0.4, 0.5) is 0 Å². The standard InChI is InChI=1S/C9H16BrN/c10-11-9-5-1-3-8(7-9)4-2-6-9/h8,11H,1-7H2. The van der Waals surface area contributed by atoms with Gasteiger partial charge in [-0.25, -0.2) is 4.34 Å². The van der Waals surface area contributed by atoms with E-state index in [0.29, 0.717) is 5.54 Å². The number of hydrogen-bond acceptors (Lipinski definition) is 1. The van der Waals surface area contributed by atoms with Crippen molar-refractivity contribution in [2.75, 3.05) is 0 Å². The number of fused-ring (bicyclic) bond motifs is 2. The summed E-state index contributed by atoms with van der Waals surface area (Å²) in [5.74, 6) is 1.03. The first-order valence-corrected chi connectivity index (χ1v) is 5.52. The van der Waals surface area contributed by atoms with Gasteiger partial charge in [0.1, 0.15) is 0 Å². The third-order valence-corrected chi connectivity index (χ3v) is 4.26. The molecule has 2 bridgehead atoms. The quantitative estimate of drug-likeness (QED) is 0.667. The molecule has 2 rings (SSSR count). The number of hydrogen-bond donors (Lipinski definition) is 1. The van der Waals surface area contributed by atoms with Gasteiger partial charge in [-0.1, -0.05) is 25.7 Å². The highest BCUT2D eigenvalue weighted by atomic mass is 79.9. The molecule has 1 N–H and O–H groups in total. The molecule has 2 saturated carbocycles. The van der Waals surface area contributed by atoms with Crippen LogP contribution in [0.5, 0.6) is 0 Å². The minimum Gasteiger partial charge on any atom is -0.250 e. The van der Waals surface area contributed by atoms with Crippen molar-refractivity contribution < 1.29 is 0 Å². The molecule has 0 saturated heterocycles. The zero-order valence-corrected chi connectivity index (χ0v) is 8.49. The molecule has 2 heteroatoms. The smallest absolute Gasteiger partial charge is 0.0288 e. The summed E-state index contributed by atoms with van der Waals surface area (Å²) in [5.41, 5.74) is 0.487. The van der Waals surface area contributed by atoms with Crippen LogP contribution in [0.2, 0.25) is 0 Å². The molecule has 0 radical (unpaired) electrons. The van der Waals surface area contributed by atoms with Crippen molar-refractivity contribution >= 4 is 16.1 Å². The minimum atomic E-state index is 0.487. The van der Waals surface area contributed by atoms with E-state index >= 15 is 0 Å². The molecule has 11 heavy (non-hydrogen) atoms. The maximum atomic E-state index is 3.44. The zero-order valence-electron chi connectivity index (χ0n) is 6.91. The van der Waals surface area contributed by atoms with E-state index in [1.54, 1.807) is 0 Å². The normalized spacial score (nSPS) is 43.9. The Hall–Kier alpha value is 0.440. The van der Waals surface area contributed by atoms with Gasteiger partial charge in [-0.3, -0.25) is 0 Å². The van der Waals surface area contributed by atoms with Crippen molar-refractivity contribution in [2.24, 2.45) is 5.92 Å². The van der Waals surface area contributed by atoms with Gasteiger partial charge in [0.25, 0.3) is 0 Å². The first kappa shape index (κ1) is 8.06. The minimum absolute atomic E-state index is 0.487. The third kappa shape index (κ3) is 1.48. The van der Waals surface area contributed by atoms with Gasteiger partial charge in [0.05, 0.1) is 0 Å². The number of rotatable bonds is 1. The van der Waals surface area contributed by atoms with Gasteiger partial charge in [0, 0.05) is 21.7 Å². The Morgan fingerprint density at radius 1 is 1.18 bits per heavy atom. The fourth-order valence-corrected chi connectivity index (χ4v) is 3.38. The molecule has 2 aliphatic rings. The SMILES string of the molecule is BrNC12CCCC(CCC1)C2. The lowest BCUT2D eigenvalue weighted by atomic mass is 9.68. The lowest BCUT2D eigenvalue weighted by Gasteiger charge is -2.44. The summed E-state index contributed by atoms with van der Waals surface area (Å²) in [7, 11) is 0. The second-order valence-corrected chi connectivity index (χ2v) is 4.63. The number of halogens is 1. The molecule has 0 amide bonds. The monoisotopic (exact) mass is 217 g/mol. The van der Waals surface area contributed by atoms with Crippen LogP contribution in [0.3, 0.4) is 0 Å². The number of nitrogens with one attached hydrogen (secondary N) is 1. The van der Waals surface area contributed by atoms with E-state index in [-0.39, 0.29) is 0 Å². The molecular formula is C9H16BrN. The van der Waals surface area contributed by atoms with Crippen molar-refractivity contribution in [3.63, 3.8) is 0 Å². The Balaban J connectivity index is 2.07. The molecule has 0 heterocycles. The van der Waals surface area contributed by atoms with Crippen molar-refractivity contribution in [1.82, 2.24) is 4.34 Å². The first-order valence-electron chi connectivity index (χ1n) is 4.72. The highest BCUT2D eigenvalue weighted by Crippen LogP contribution is 2.42. The van der Waals surface area contributed by atoms with Crippen molar-refractivity contribution in [3.05, 3.63) is 0 Å². The summed E-state index contributed by atoms with van der Waals surface area (Å²) in [6.07, 6.45) is 10.0. The highest BCUT2D eigenvalue weighted by Gasteiger charge is 2.38. The second kappa shape index (κ2) is 3.06. The molecular weight excluding hydrogens is 202 g/mol. The average molecular weight is 218 g/mol. The largest absolute Gasteiger partial charge is 0.250 e. The summed E-state index contributed by atoms with van der Waals surface area (Å²) >= 11 is 3.44. The molecule has 0 spiro atoms. The summed E-state index contributed by atoms with van der Waals surface area (Å²) < 4.78 is 3.36. The van der Waals surface area contributed by atoms with Gasteiger partial charge >= 0.3 is 0 Å². The fourth-order valence-electron chi connectivity index (χ4n) is 2.82.